The lowest BCUT2D eigenvalue weighted by molar-refractivity contribution is 0.669. The molecule has 0 amide bonds. The standard InChI is InChI=1S/C55H36N4O/c1-5-16-38(17-6-1)53-56-54(39-18-7-2-8-19-39)58-55(57-53)48-35-34-46(44-24-13-14-25-45(44)48)47-26-15-27-50-52(47)49-33-30-40(36-51(49)60-50)37-28-31-43(32-29-37)59(41-20-9-3-10-21-41)42-22-11-4-12-23-42/h1-36H/i3D,4D,9D,10D,11D,12D,15D,20D,21D,22D,23D,26D,27D,28D,29D,30D,31D,32D,33D,36D. The van der Waals surface area contributed by atoms with Crippen LogP contribution in [0.4, 0.5) is 17.1 Å². The molecule has 2 aromatic heterocycles. The van der Waals surface area contributed by atoms with Crippen LogP contribution in [0.1, 0.15) is 27.4 Å². The van der Waals surface area contributed by atoms with Crippen LogP contribution < -0.4 is 4.90 Å². The zero-order valence-electron chi connectivity index (χ0n) is 50.9. The van der Waals surface area contributed by atoms with Crippen LogP contribution in [0.5, 0.6) is 0 Å². The van der Waals surface area contributed by atoms with Crippen LogP contribution in [0, 0.1) is 0 Å². The zero-order chi connectivity index (χ0) is 57.2. The fraction of sp³-hybridized carbons (Fsp3) is 0. The molecule has 0 aliphatic heterocycles. The van der Waals surface area contributed by atoms with Gasteiger partial charge in [-0.2, -0.15) is 0 Å². The van der Waals surface area contributed by atoms with Gasteiger partial charge in [0, 0.05) is 44.5 Å². The summed E-state index contributed by atoms with van der Waals surface area (Å²) < 4.78 is 185. The van der Waals surface area contributed by atoms with E-state index in [2.05, 4.69) is 0 Å². The maximum atomic E-state index is 9.61. The van der Waals surface area contributed by atoms with Crippen LogP contribution >= 0.6 is 0 Å². The number of hydrogen-bond acceptors (Lipinski definition) is 5. The van der Waals surface area contributed by atoms with Crippen LogP contribution in [0.3, 0.4) is 0 Å². The van der Waals surface area contributed by atoms with Gasteiger partial charge in [0.05, 0.1) is 27.4 Å². The molecule has 2 heterocycles. The van der Waals surface area contributed by atoms with Gasteiger partial charge in [0.2, 0.25) is 0 Å². The van der Waals surface area contributed by atoms with Crippen molar-refractivity contribution in [2.75, 3.05) is 4.90 Å². The fourth-order valence-corrected chi connectivity index (χ4v) is 7.00. The summed E-state index contributed by atoms with van der Waals surface area (Å²) in [6, 6.07) is 11.6. The van der Waals surface area contributed by atoms with E-state index in [1.807, 2.05) is 66.7 Å². The molecule has 0 saturated heterocycles. The first-order valence-electron chi connectivity index (χ1n) is 28.5. The quantitative estimate of drug-likeness (QED) is 0.153. The van der Waals surface area contributed by atoms with Gasteiger partial charge in [0.25, 0.3) is 0 Å². The number of nitrogens with zero attached hydrogens (tertiary/aromatic N) is 4. The first kappa shape index (κ1) is 20.0. The summed E-state index contributed by atoms with van der Waals surface area (Å²) in [6.45, 7) is 0. The summed E-state index contributed by atoms with van der Waals surface area (Å²) in [5, 5.41) is 0.778. The number of para-hydroxylation sites is 2. The topological polar surface area (TPSA) is 55.1 Å². The molecule has 9 aromatic carbocycles. The first-order chi connectivity index (χ1) is 38.1. The highest BCUT2D eigenvalue weighted by molar-refractivity contribution is 6.16. The molecule has 0 fully saturated rings. The Morgan fingerprint density at radius 3 is 1.53 bits per heavy atom. The Morgan fingerprint density at radius 1 is 0.367 bits per heavy atom. The summed E-state index contributed by atoms with van der Waals surface area (Å²) in [5.41, 5.74) is -2.62. The van der Waals surface area contributed by atoms with Gasteiger partial charge in [-0.1, -0.05) is 157 Å². The molecule has 11 rings (SSSR count). The molecule has 0 radical (unpaired) electrons. The van der Waals surface area contributed by atoms with Crippen molar-refractivity contribution >= 4 is 49.8 Å². The van der Waals surface area contributed by atoms with Gasteiger partial charge in [-0.3, -0.25) is 0 Å². The number of benzene rings is 9. The second-order valence-electron chi connectivity index (χ2n) is 13.3. The Kier molecular flexibility index (Phi) is 5.00. The summed E-state index contributed by atoms with van der Waals surface area (Å²) in [5.74, 6) is 1.12. The molecule has 5 heteroatoms. The Hall–Kier alpha value is -8.15. The minimum absolute atomic E-state index is 0.00198. The Balaban J connectivity index is 1.15. The lowest BCUT2D eigenvalue weighted by atomic mass is 9.92. The van der Waals surface area contributed by atoms with E-state index < -0.39 is 155 Å². The van der Waals surface area contributed by atoms with Gasteiger partial charge in [-0.05, 0) is 93.5 Å². The molecule has 0 spiro atoms. The van der Waals surface area contributed by atoms with Gasteiger partial charge >= 0.3 is 0 Å². The number of anilines is 3. The third kappa shape index (κ3) is 6.35. The largest absolute Gasteiger partial charge is 0.456 e. The third-order valence-electron chi connectivity index (χ3n) is 9.71. The van der Waals surface area contributed by atoms with Crippen molar-refractivity contribution in [2.45, 2.75) is 0 Å². The van der Waals surface area contributed by atoms with Crippen LogP contribution in [0.2, 0.25) is 0 Å². The average Bonchev–Trinajstić information content (AvgIpc) is 2.55. The van der Waals surface area contributed by atoms with Crippen LogP contribution in [-0.4, -0.2) is 15.0 Å². The number of rotatable bonds is 8. The van der Waals surface area contributed by atoms with Crippen molar-refractivity contribution in [1.29, 1.82) is 0 Å². The molecule has 0 unspecified atom stereocenters. The molecule has 0 saturated carbocycles. The van der Waals surface area contributed by atoms with Crippen molar-refractivity contribution in [1.82, 2.24) is 15.0 Å². The second-order valence-corrected chi connectivity index (χ2v) is 13.3. The Bertz CT molecular complexity index is 4290. The van der Waals surface area contributed by atoms with Crippen LogP contribution in [-0.2, 0) is 0 Å². The predicted molar refractivity (Wildman–Crippen MR) is 246 cm³/mol. The lowest BCUT2D eigenvalue weighted by Crippen LogP contribution is -2.09. The van der Waals surface area contributed by atoms with Crippen molar-refractivity contribution in [3.63, 3.8) is 0 Å². The molecule has 60 heavy (non-hydrogen) atoms. The van der Waals surface area contributed by atoms with Crippen molar-refractivity contribution in [2.24, 2.45) is 0 Å². The van der Waals surface area contributed by atoms with Gasteiger partial charge < -0.3 is 9.32 Å². The normalized spacial score (nSPS) is 16.0. The van der Waals surface area contributed by atoms with Crippen LogP contribution in [0.15, 0.2) is 222 Å². The van der Waals surface area contributed by atoms with E-state index in [9.17, 15) is 11.0 Å². The molecule has 0 bridgehead atoms. The SMILES string of the molecule is [2H]c1c([2H])c([2H])c(N(c2c([2H])c([2H])c([2H])c([2H])c2[2H])c2c([2H])c([2H])c(-c3c([2H])c([2H])c4c(oc5c([2H])c([2H])c([2H])c(-c6ccc(-c7nc(-c8ccccc8)nc(-c8ccccc8)n7)c7ccccc67)c54)c3[2H])c([2H])c2[2H])c([2H])c1[2H]. The summed E-state index contributed by atoms with van der Waals surface area (Å²) >= 11 is 0. The highest BCUT2D eigenvalue weighted by Gasteiger charge is 2.19. The molecule has 282 valence electrons. The highest BCUT2D eigenvalue weighted by Crippen LogP contribution is 2.43. The molecule has 0 atom stereocenters. The minimum Gasteiger partial charge on any atom is -0.456 e. The maximum Gasteiger partial charge on any atom is 0.164 e. The number of aromatic nitrogens is 3. The number of fused-ring (bicyclic) bond motifs is 4. The summed E-state index contributed by atoms with van der Waals surface area (Å²) in [4.78, 5) is 15.1. The molecule has 0 aliphatic carbocycles. The van der Waals surface area contributed by atoms with E-state index in [1.54, 1.807) is 30.3 Å². The molecular formula is C55H36N4O. The van der Waals surface area contributed by atoms with E-state index >= 15 is 0 Å². The fourth-order valence-electron chi connectivity index (χ4n) is 7.00. The molecule has 5 nitrogen and oxygen atoms in total. The maximum absolute atomic E-state index is 9.61. The number of furan rings is 1. The van der Waals surface area contributed by atoms with Crippen molar-refractivity contribution < 1.29 is 31.8 Å². The van der Waals surface area contributed by atoms with Gasteiger partial charge in [0.15, 0.2) is 17.5 Å². The van der Waals surface area contributed by atoms with Gasteiger partial charge in [-0.25, -0.2) is 15.0 Å². The first-order valence-corrected chi connectivity index (χ1v) is 18.5. The lowest BCUT2D eigenvalue weighted by Gasteiger charge is -2.25. The van der Waals surface area contributed by atoms with Crippen LogP contribution in [0.25, 0.3) is 89.1 Å². The van der Waals surface area contributed by atoms with E-state index in [0.29, 0.717) is 44.3 Å². The third-order valence-corrected chi connectivity index (χ3v) is 9.71. The Labute approximate surface area is 375 Å². The highest BCUT2D eigenvalue weighted by atomic mass is 16.3. The average molecular weight is 789 g/mol. The predicted octanol–water partition coefficient (Wildman–Crippen LogP) is 14.7. The molecule has 0 aliphatic rings. The van der Waals surface area contributed by atoms with Gasteiger partial charge in [-0.15, -0.1) is 0 Å². The van der Waals surface area contributed by atoms with Crippen molar-refractivity contribution in [3.05, 3.63) is 218 Å². The number of hydrogen-bond donors (Lipinski definition) is 0. The summed E-state index contributed by atoms with van der Waals surface area (Å²) in [7, 11) is 0. The van der Waals surface area contributed by atoms with E-state index in [-0.39, 0.29) is 21.9 Å². The van der Waals surface area contributed by atoms with Gasteiger partial charge in [0.1, 0.15) is 11.2 Å². The molecular weight excluding hydrogens is 733 g/mol. The molecule has 11 aromatic rings. The van der Waals surface area contributed by atoms with E-state index in [0.717, 1.165) is 11.1 Å². The zero-order valence-corrected chi connectivity index (χ0v) is 30.9. The second kappa shape index (κ2) is 15.0. The minimum atomic E-state index is -1.08. The van der Waals surface area contributed by atoms with Crippen molar-refractivity contribution in [3.8, 4) is 56.4 Å². The smallest absolute Gasteiger partial charge is 0.164 e. The Morgan fingerprint density at radius 2 is 0.900 bits per heavy atom. The summed E-state index contributed by atoms with van der Waals surface area (Å²) in [6.07, 6.45) is 0. The van der Waals surface area contributed by atoms with E-state index in [4.69, 9.17) is 35.8 Å². The molecule has 0 N–H and O–H groups in total. The monoisotopic (exact) mass is 788 g/mol. The van der Waals surface area contributed by atoms with E-state index in [1.165, 1.54) is 0 Å².